The van der Waals surface area contributed by atoms with Crippen molar-refractivity contribution >= 4 is 10.9 Å². The average molecular weight is 269 g/mol. The molecule has 1 atom stereocenters. The first kappa shape index (κ1) is 13.4. The van der Waals surface area contributed by atoms with E-state index in [2.05, 4.69) is 63.2 Å². The van der Waals surface area contributed by atoms with Crippen LogP contribution in [0.5, 0.6) is 0 Å². The van der Waals surface area contributed by atoms with Crippen LogP contribution in [-0.4, -0.2) is 16.7 Å². The monoisotopic (exact) mass is 269 g/mol. The molecule has 0 aliphatic carbocycles. The maximum atomic E-state index is 5.69. The van der Waals surface area contributed by atoms with Gasteiger partial charge >= 0.3 is 0 Å². The first-order valence-corrected chi connectivity index (χ1v) is 7.36. The summed E-state index contributed by atoms with van der Waals surface area (Å²) in [6.07, 6.45) is 6.77. The topological polar surface area (TPSA) is 28.3 Å². The highest BCUT2D eigenvalue weighted by Crippen LogP contribution is 2.38. The molecule has 2 aromatic rings. The Balaban J connectivity index is 1.81. The normalized spacial score (nSPS) is 20.1. The van der Waals surface area contributed by atoms with Crippen LogP contribution in [0.3, 0.4) is 0 Å². The zero-order valence-electron chi connectivity index (χ0n) is 12.8. The number of nitrogens with one attached hydrogen (secondary N) is 1. The van der Waals surface area contributed by atoms with E-state index in [9.17, 15) is 0 Å². The summed E-state index contributed by atoms with van der Waals surface area (Å²) in [5.74, 6) is 0. The van der Waals surface area contributed by atoms with Crippen LogP contribution >= 0.6 is 0 Å². The van der Waals surface area contributed by atoms with Crippen LogP contribution in [0, 0.1) is 0 Å². The van der Waals surface area contributed by atoms with Gasteiger partial charge in [-0.15, -0.1) is 0 Å². The van der Waals surface area contributed by atoms with Crippen molar-refractivity contribution in [1.29, 1.82) is 0 Å². The summed E-state index contributed by atoms with van der Waals surface area (Å²) in [7, 11) is 0. The molecule has 0 spiro atoms. The minimum atomic E-state index is 0.0625. The fourth-order valence-corrected chi connectivity index (χ4v) is 2.67. The summed E-state index contributed by atoms with van der Waals surface area (Å²) in [5, 5.41) is 1.33. The molecule has 3 rings (SSSR count). The molecule has 1 aliphatic rings. The van der Waals surface area contributed by atoms with Gasteiger partial charge in [0.05, 0.1) is 11.7 Å². The number of aromatic amines is 1. The van der Waals surface area contributed by atoms with Gasteiger partial charge in [-0.2, -0.15) is 0 Å². The smallest absolute Gasteiger partial charge is 0.0908 e. The van der Waals surface area contributed by atoms with Gasteiger partial charge in [0.2, 0.25) is 0 Å². The molecule has 106 valence electrons. The second-order valence-corrected chi connectivity index (χ2v) is 6.59. The van der Waals surface area contributed by atoms with Gasteiger partial charge in [-0.05, 0) is 51.3 Å². The lowest BCUT2D eigenvalue weighted by Crippen LogP contribution is -2.05. The lowest BCUT2D eigenvalue weighted by Gasteiger charge is -2.01. The van der Waals surface area contributed by atoms with Gasteiger partial charge in [-0.1, -0.05) is 23.8 Å². The Labute approximate surface area is 120 Å². The van der Waals surface area contributed by atoms with Gasteiger partial charge in [0.25, 0.3) is 0 Å². The Bertz CT molecular complexity index is 659. The number of aromatic nitrogens is 1. The van der Waals surface area contributed by atoms with Crippen molar-refractivity contribution < 1.29 is 4.74 Å². The predicted molar refractivity (Wildman–Crippen MR) is 84.1 cm³/mol. The van der Waals surface area contributed by atoms with Crippen LogP contribution < -0.4 is 0 Å². The van der Waals surface area contributed by atoms with Crippen LogP contribution in [0.2, 0.25) is 0 Å². The van der Waals surface area contributed by atoms with Crippen molar-refractivity contribution in [2.45, 2.75) is 52.2 Å². The molecule has 0 unspecified atom stereocenters. The first-order chi connectivity index (χ1) is 9.45. The molecular weight excluding hydrogens is 246 g/mol. The molecule has 1 aromatic carbocycles. The molecule has 1 aromatic heterocycles. The lowest BCUT2D eigenvalue weighted by atomic mass is 10.0. The van der Waals surface area contributed by atoms with Crippen LogP contribution in [0.1, 0.15) is 38.8 Å². The standard InChI is InChI=1S/C18H23NO/c1-12(2)5-6-13-7-8-15-14(11-19-16(15)9-13)10-17-18(3,4)20-17/h5,7-9,11,17,19H,6,10H2,1-4H3/t17-/m0/s1. The van der Waals surface area contributed by atoms with E-state index in [-0.39, 0.29) is 5.60 Å². The number of epoxide rings is 1. The number of H-pyrrole nitrogens is 1. The fraction of sp³-hybridized carbons (Fsp3) is 0.444. The largest absolute Gasteiger partial charge is 0.366 e. The number of hydrogen-bond acceptors (Lipinski definition) is 1. The van der Waals surface area contributed by atoms with E-state index in [0.29, 0.717) is 6.10 Å². The van der Waals surface area contributed by atoms with Gasteiger partial charge in [0.1, 0.15) is 0 Å². The molecule has 0 amide bonds. The Hall–Kier alpha value is -1.54. The average Bonchev–Trinajstić information content (AvgIpc) is 2.81. The molecule has 0 radical (unpaired) electrons. The molecule has 1 saturated heterocycles. The first-order valence-electron chi connectivity index (χ1n) is 7.36. The minimum absolute atomic E-state index is 0.0625. The van der Waals surface area contributed by atoms with Gasteiger partial charge in [-0.25, -0.2) is 0 Å². The number of rotatable bonds is 4. The highest BCUT2D eigenvalue weighted by atomic mass is 16.6. The summed E-state index contributed by atoms with van der Waals surface area (Å²) in [6.45, 7) is 8.60. The molecule has 0 saturated carbocycles. The Morgan fingerprint density at radius 1 is 1.35 bits per heavy atom. The van der Waals surface area contributed by atoms with Crippen LogP contribution in [0.4, 0.5) is 0 Å². The highest BCUT2D eigenvalue weighted by molar-refractivity contribution is 5.84. The third-order valence-electron chi connectivity index (χ3n) is 4.15. The maximum absolute atomic E-state index is 5.69. The number of allylic oxidation sites excluding steroid dienone is 2. The summed E-state index contributed by atoms with van der Waals surface area (Å²) < 4.78 is 5.69. The number of fused-ring (bicyclic) bond motifs is 1. The zero-order valence-corrected chi connectivity index (χ0v) is 12.8. The molecule has 1 fully saturated rings. The van der Waals surface area contributed by atoms with Crippen molar-refractivity contribution in [1.82, 2.24) is 4.98 Å². The van der Waals surface area contributed by atoms with Crippen molar-refractivity contribution in [2.75, 3.05) is 0 Å². The molecule has 2 heteroatoms. The maximum Gasteiger partial charge on any atom is 0.0908 e. The fourth-order valence-electron chi connectivity index (χ4n) is 2.67. The number of benzene rings is 1. The Morgan fingerprint density at radius 3 is 2.75 bits per heavy atom. The SMILES string of the molecule is CC(C)=CCc1ccc2c(C[C@@H]3OC3(C)C)c[nH]c2c1. The van der Waals surface area contributed by atoms with Crippen molar-refractivity contribution in [2.24, 2.45) is 0 Å². The zero-order chi connectivity index (χ0) is 14.3. The second kappa shape index (κ2) is 4.78. The highest BCUT2D eigenvalue weighted by Gasteiger charge is 2.47. The van der Waals surface area contributed by atoms with Gasteiger partial charge in [0, 0.05) is 23.5 Å². The summed E-state index contributed by atoms with van der Waals surface area (Å²) in [5.41, 5.74) is 5.38. The van der Waals surface area contributed by atoms with Crippen LogP contribution in [0.15, 0.2) is 36.0 Å². The van der Waals surface area contributed by atoms with E-state index in [1.54, 1.807) is 0 Å². The van der Waals surface area contributed by atoms with Crippen molar-refractivity contribution in [3.8, 4) is 0 Å². The van der Waals surface area contributed by atoms with E-state index < -0.39 is 0 Å². The third-order valence-corrected chi connectivity index (χ3v) is 4.15. The van der Waals surface area contributed by atoms with Gasteiger partial charge in [-0.3, -0.25) is 0 Å². The summed E-state index contributed by atoms with van der Waals surface area (Å²) >= 11 is 0. The summed E-state index contributed by atoms with van der Waals surface area (Å²) in [6, 6.07) is 6.74. The molecule has 20 heavy (non-hydrogen) atoms. The summed E-state index contributed by atoms with van der Waals surface area (Å²) in [4.78, 5) is 3.40. The predicted octanol–water partition coefficient (Wildman–Crippen LogP) is 4.40. The lowest BCUT2D eigenvalue weighted by molar-refractivity contribution is 0.323. The van der Waals surface area contributed by atoms with E-state index >= 15 is 0 Å². The molecule has 2 nitrogen and oxygen atoms in total. The van der Waals surface area contributed by atoms with Gasteiger partial charge < -0.3 is 9.72 Å². The quantitative estimate of drug-likeness (QED) is 0.647. The van der Waals surface area contributed by atoms with E-state index in [1.807, 2.05) is 0 Å². The molecule has 2 heterocycles. The van der Waals surface area contributed by atoms with Gasteiger partial charge in [0.15, 0.2) is 0 Å². The Kier molecular flexibility index (Phi) is 3.21. The third kappa shape index (κ3) is 2.66. The van der Waals surface area contributed by atoms with Crippen molar-refractivity contribution in [3.05, 3.63) is 47.2 Å². The minimum Gasteiger partial charge on any atom is -0.366 e. The molecule has 1 aliphatic heterocycles. The van der Waals surface area contributed by atoms with E-state index in [1.165, 1.54) is 27.6 Å². The Morgan fingerprint density at radius 2 is 2.10 bits per heavy atom. The molecular formula is C18H23NO. The van der Waals surface area contributed by atoms with E-state index in [4.69, 9.17) is 4.74 Å². The second-order valence-electron chi connectivity index (χ2n) is 6.59. The van der Waals surface area contributed by atoms with Crippen LogP contribution in [0.25, 0.3) is 10.9 Å². The van der Waals surface area contributed by atoms with Crippen molar-refractivity contribution in [3.63, 3.8) is 0 Å². The van der Waals surface area contributed by atoms with E-state index in [0.717, 1.165) is 12.8 Å². The number of ether oxygens (including phenoxy) is 1. The number of hydrogen-bond donors (Lipinski definition) is 1. The molecule has 1 N–H and O–H groups in total. The molecule has 0 bridgehead atoms. The van der Waals surface area contributed by atoms with Crippen LogP contribution in [-0.2, 0) is 17.6 Å².